The van der Waals surface area contributed by atoms with Crippen molar-refractivity contribution in [3.8, 4) is 0 Å². The second-order valence-electron chi connectivity index (χ2n) is 5.96. The third-order valence-corrected chi connectivity index (χ3v) is 6.18. The zero-order valence-electron chi connectivity index (χ0n) is 11.7. The lowest BCUT2D eigenvalue weighted by Crippen LogP contribution is -2.49. The van der Waals surface area contributed by atoms with Crippen molar-refractivity contribution >= 4 is 11.4 Å². The molecule has 2 fully saturated rings. The molecule has 1 aliphatic heterocycles. The Hall–Kier alpha value is -0.510. The minimum absolute atomic E-state index is 0.560. The second kappa shape index (κ2) is 5.86. The zero-order chi connectivity index (χ0) is 13.2. The molecule has 0 radical (unpaired) electrons. The van der Waals surface area contributed by atoms with Crippen molar-refractivity contribution in [3.05, 3.63) is 29.8 Å². The Bertz CT molecular complexity index is 417. The van der Waals surface area contributed by atoms with Crippen LogP contribution >= 0.6 is 0 Å². The van der Waals surface area contributed by atoms with Gasteiger partial charge in [0.05, 0.1) is 17.4 Å². The molecule has 0 aromatic heterocycles. The standard InChI is InChI=1S/C16H23NOS/c1-13-8-10-15(11-9-13)19(18)17-12-4-6-14-5-2-3-7-16(14)17/h8-11,14,16H,2-7,12H2,1H3. The Morgan fingerprint density at radius 1 is 1.05 bits per heavy atom. The van der Waals surface area contributed by atoms with Crippen LogP contribution < -0.4 is 0 Å². The zero-order valence-corrected chi connectivity index (χ0v) is 12.5. The molecule has 19 heavy (non-hydrogen) atoms. The first-order chi connectivity index (χ1) is 9.25. The van der Waals surface area contributed by atoms with E-state index in [0.29, 0.717) is 6.04 Å². The van der Waals surface area contributed by atoms with Gasteiger partial charge in [-0.1, -0.05) is 30.5 Å². The fraction of sp³-hybridized carbons (Fsp3) is 0.625. The summed E-state index contributed by atoms with van der Waals surface area (Å²) in [4.78, 5) is 0.969. The molecule has 3 unspecified atom stereocenters. The van der Waals surface area contributed by atoms with Crippen LogP contribution in [0.1, 0.15) is 44.1 Å². The summed E-state index contributed by atoms with van der Waals surface area (Å²) in [5.41, 5.74) is 1.23. The highest BCUT2D eigenvalue weighted by atomic mass is 32.2. The van der Waals surface area contributed by atoms with E-state index < -0.39 is 11.4 Å². The molecule has 3 rings (SSSR count). The lowest BCUT2D eigenvalue weighted by molar-refractivity contribution is 0.129. The summed E-state index contributed by atoms with van der Waals surface area (Å²) >= 11 is -0.963. The highest BCUT2D eigenvalue weighted by Gasteiger charge is 2.39. The molecule has 0 spiro atoms. The lowest BCUT2D eigenvalue weighted by Gasteiger charge is -2.42. The van der Waals surface area contributed by atoms with Gasteiger partial charge < -0.3 is 4.55 Å². The minimum atomic E-state index is -0.963. The third kappa shape index (κ3) is 2.83. The van der Waals surface area contributed by atoms with Crippen LogP contribution in [-0.4, -0.2) is 21.4 Å². The molecule has 3 heteroatoms. The maximum Gasteiger partial charge on any atom is 0.174 e. The van der Waals surface area contributed by atoms with Gasteiger partial charge >= 0.3 is 0 Å². The summed E-state index contributed by atoms with van der Waals surface area (Å²) < 4.78 is 15.1. The normalized spacial score (nSPS) is 29.8. The van der Waals surface area contributed by atoms with Crippen molar-refractivity contribution in [1.29, 1.82) is 0 Å². The van der Waals surface area contributed by atoms with Gasteiger partial charge in [-0.15, -0.1) is 4.31 Å². The average Bonchev–Trinajstić information content (AvgIpc) is 2.47. The van der Waals surface area contributed by atoms with Crippen LogP contribution in [0.15, 0.2) is 29.2 Å². The smallest absolute Gasteiger partial charge is 0.174 e. The molecule has 2 aliphatic rings. The van der Waals surface area contributed by atoms with E-state index in [4.69, 9.17) is 0 Å². The van der Waals surface area contributed by atoms with Gasteiger partial charge in [-0.2, -0.15) is 0 Å². The molecule has 1 aromatic rings. The lowest BCUT2D eigenvalue weighted by atomic mass is 9.79. The van der Waals surface area contributed by atoms with Gasteiger partial charge in [0.2, 0.25) is 0 Å². The quantitative estimate of drug-likeness (QED) is 0.771. The number of nitrogens with zero attached hydrogens (tertiary/aromatic N) is 1. The first-order valence-electron chi connectivity index (χ1n) is 7.51. The van der Waals surface area contributed by atoms with Crippen molar-refractivity contribution in [2.75, 3.05) is 6.54 Å². The predicted molar refractivity (Wildman–Crippen MR) is 79.3 cm³/mol. The van der Waals surface area contributed by atoms with E-state index in [1.807, 2.05) is 12.1 Å². The number of rotatable bonds is 2. The topological polar surface area (TPSA) is 26.3 Å². The van der Waals surface area contributed by atoms with Crippen LogP contribution in [-0.2, 0) is 11.4 Å². The third-order valence-electron chi connectivity index (χ3n) is 4.63. The van der Waals surface area contributed by atoms with Crippen molar-refractivity contribution in [3.63, 3.8) is 0 Å². The second-order valence-corrected chi connectivity index (χ2v) is 7.40. The molecule has 1 aromatic carbocycles. The van der Waals surface area contributed by atoms with Crippen LogP contribution in [0.3, 0.4) is 0 Å². The van der Waals surface area contributed by atoms with Gasteiger partial charge in [0.1, 0.15) is 0 Å². The number of benzene rings is 1. The summed E-state index contributed by atoms with van der Waals surface area (Å²) in [6, 6.07) is 8.74. The Morgan fingerprint density at radius 3 is 2.53 bits per heavy atom. The van der Waals surface area contributed by atoms with E-state index in [2.05, 4.69) is 23.4 Å². The van der Waals surface area contributed by atoms with Crippen molar-refractivity contribution in [2.24, 2.45) is 5.92 Å². The van der Waals surface area contributed by atoms with E-state index >= 15 is 0 Å². The molecular weight excluding hydrogens is 254 g/mol. The van der Waals surface area contributed by atoms with E-state index in [0.717, 1.165) is 17.4 Å². The molecule has 0 amide bonds. The molecule has 1 saturated heterocycles. The summed E-state index contributed by atoms with van der Waals surface area (Å²) in [6.45, 7) is 3.08. The van der Waals surface area contributed by atoms with Crippen molar-refractivity contribution in [2.45, 2.75) is 56.4 Å². The van der Waals surface area contributed by atoms with E-state index in [9.17, 15) is 4.55 Å². The largest absolute Gasteiger partial charge is 0.593 e. The minimum Gasteiger partial charge on any atom is -0.593 e. The molecule has 1 saturated carbocycles. The molecule has 2 nitrogen and oxygen atoms in total. The van der Waals surface area contributed by atoms with E-state index in [1.165, 1.54) is 44.1 Å². The van der Waals surface area contributed by atoms with Gasteiger partial charge in [-0.3, -0.25) is 0 Å². The SMILES string of the molecule is Cc1ccc([S+]([O-])N2CCCC3CCCCC32)cc1. The molecule has 104 valence electrons. The summed E-state index contributed by atoms with van der Waals surface area (Å²) in [6.07, 6.45) is 7.80. The van der Waals surface area contributed by atoms with Crippen molar-refractivity contribution in [1.82, 2.24) is 4.31 Å². The fourth-order valence-corrected chi connectivity index (χ4v) is 5.03. The number of hydrogen-bond donors (Lipinski definition) is 0. The van der Waals surface area contributed by atoms with E-state index in [1.54, 1.807) is 0 Å². The van der Waals surface area contributed by atoms with E-state index in [-0.39, 0.29) is 0 Å². The van der Waals surface area contributed by atoms with Crippen LogP contribution in [0.2, 0.25) is 0 Å². The predicted octanol–water partition coefficient (Wildman–Crippen LogP) is 3.67. The molecule has 1 heterocycles. The number of fused-ring (bicyclic) bond motifs is 1. The number of hydrogen-bond acceptors (Lipinski definition) is 2. The average molecular weight is 277 g/mol. The van der Waals surface area contributed by atoms with Crippen LogP contribution in [0.25, 0.3) is 0 Å². The summed E-state index contributed by atoms with van der Waals surface area (Å²) in [5, 5.41) is 0. The van der Waals surface area contributed by atoms with Crippen LogP contribution in [0.5, 0.6) is 0 Å². The first-order valence-corrected chi connectivity index (χ1v) is 8.61. The molecule has 0 bridgehead atoms. The van der Waals surface area contributed by atoms with Gasteiger partial charge in [0, 0.05) is 6.54 Å². The van der Waals surface area contributed by atoms with Gasteiger partial charge in [0.15, 0.2) is 4.90 Å². The number of aryl methyl sites for hydroxylation is 1. The maximum atomic E-state index is 12.8. The molecule has 0 N–H and O–H groups in total. The summed E-state index contributed by atoms with van der Waals surface area (Å²) in [5.74, 6) is 0.789. The Labute approximate surface area is 119 Å². The Kier molecular flexibility index (Phi) is 4.15. The van der Waals surface area contributed by atoms with Crippen LogP contribution in [0, 0.1) is 12.8 Å². The molecule has 3 atom stereocenters. The monoisotopic (exact) mass is 277 g/mol. The van der Waals surface area contributed by atoms with Gasteiger partial charge in [0.25, 0.3) is 0 Å². The maximum absolute atomic E-state index is 12.8. The molecular formula is C16H23NOS. The van der Waals surface area contributed by atoms with Gasteiger partial charge in [-0.05, 0) is 50.7 Å². The van der Waals surface area contributed by atoms with Gasteiger partial charge in [-0.25, -0.2) is 0 Å². The van der Waals surface area contributed by atoms with Crippen molar-refractivity contribution < 1.29 is 4.55 Å². The Morgan fingerprint density at radius 2 is 1.74 bits per heavy atom. The number of piperidine rings is 1. The Balaban J connectivity index is 1.77. The summed E-state index contributed by atoms with van der Waals surface area (Å²) in [7, 11) is 0. The van der Waals surface area contributed by atoms with Crippen LogP contribution in [0.4, 0.5) is 0 Å². The first kappa shape index (κ1) is 13.5. The molecule has 1 aliphatic carbocycles. The highest BCUT2D eigenvalue weighted by molar-refractivity contribution is 7.89. The fourth-order valence-electron chi connectivity index (χ4n) is 3.58. The highest BCUT2D eigenvalue weighted by Crippen LogP contribution is 2.37.